The molecule has 3 heterocycles. The average molecular weight is 367 g/mol. The van der Waals surface area contributed by atoms with E-state index in [1.165, 1.54) is 24.0 Å². The molecule has 0 bridgehead atoms. The Morgan fingerprint density at radius 1 is 1.21 bits per heavy atom. The Morgan fingerprint density at radius 3 is 2.54 bits per heavy atom. The molecule has 0 atom stereocenters. The molecule has 0 saturated carbocycles. The average Bonchev–Trinajstić information content (AvgIpc) is 2.58. The molecule has 8 nitrogen and oxygen atoms in total. The van der Waals surface area contributed by atoms with E-state index in [0.29, 0.717) is 16.0 Å². The summed E-state index contributed by atoms with van der Waals surface area (Å²) < 4.78 is 0. The van der Waals surface area contributed by atoms with Crippen LogP contribution in [0.25, 0.3) is 0 Å². The van der Waals surface area contributed by atoms with E-state index in [-0.39, 0.29) is 5.82 Å². The Hall–Kier alpha value is -1.97. The molecule has 1 aliphatic heterocycles. The first-order valence-corrected chi connectivity index (χ1v) is 8.47. The van der Waals surface area contributed by atoms with Crippen molar-refractivity contribution < 1.29 is 4.92 Å². The monoisotopic (exact) mass is 366 g/mol. The zero-order chi connectivity index (χ0) is 17.1. The van der Waals surface area contributed by atoms with Gasteiger partial charge in [-0.3, -0.25) is 0 Å². The van der Waals surface area contributed by atoms with E-state index in [2.05, 4.69) is 31.8 Å². The number of nitro groups is 1. The van der Waals surface area contributed by atoms with Gasteiger partial charge in [0.1, 0.15) is 5.15 Å². The van der Waals surface area contributed by atoms with Crippen LogP contribution in [0.4, 0.5) is 11.8 Å². The van der Waals surface area contributed by atoms with Crippen LogP contribution in [0.5, 0.6) is 0 Å². The molecule has 2 aromatic rings. The van der Waals surface area contributed by atoms with Crippen LogP contribution in [-0.4, -0.2) is 58.0 Å². The second-order valence-corrected chi connectivity index (χ2v) is 6.80. The van der Waals surface area contributed by atoms with Gasteiger partial charge in [-0.2, -0.15) is 4.98 Å². The second kappa shape index (κ2) is 7.29. The van der Waals surface area contributed by atoms with E-state index in [1.807, 2.05) is 0 Å². The molecule has 24 heavy (non-hydrogen) atoms. The summed E-state index contributed by atoms with van der Waals surface area (Å²) in [6, 6.07) is 2.98. The van der Waals surface area contributed by atoms with Crippen LogP contribution in [0.2, 0.25) is 5.15 Å². The number of piperazine rings is 1. The minimum atomic E-state index is -0.532. The summed E-state index contributed by atoms with van der Waals surface area (Å²) in [5.41, 5.74) is 0. The normalized spacial score (nSPS) is 15.5. The second-order valence-electron chi connectivity index (χ2n) is 5.33. The fraction of sp³-hybridized carbons (Fsp3) is 0.357. The molecule has 0 aromatic carbocycles. The summed E-state index contributed by atoms with van der Waals surface area (Å²) in [6.45, 7) is 3.66. The molecule has 126 valence electrons. The van der Waals surface area contributed by atoms with E-state index in [4.69, 9.17) is 11.6 Å². The molecule has 1 fully saturated rings. The van der Waals surface area contributed by atoms with Crippen LogP contribution in [0.1, 0.15) is 0 Å². The van der Waals surface area contributed by atoms with Gasteiger partial charge in [0.15, 0.2) is 6.20 Å². The molecule has 0 radical (unpaired) electrons. The minimum absolute atomic E-state index is 0.188. The Bertz CT molecular complexity index is 737. The van der Waals surface area contributed by atoms with Gasteiger partial charge in [-0.15, -0.1) is 0 Å². The highest BCUT2D eigenvalue weighted by atomic mass is 35.5. The van der Waals surface area contributed by atoms with Gasteiger partial charge in [-0.05, 0) is 23.0 Å². The topological polar surface area (TPSA) is 88.3 Å². The molecule has 3 rings (SSSR count). The van der Waals surface area contributed by atoms with Gasteiger partial charge < -0.3 is 19.9 Å². The lowest BCUT2D eigenvalue weighted by molar-refractivity contribution is -0.389. The fourth-order valence-corrected chi connectivity index (χ4v) is 3.21. The number of pyridine rings is 1. The van der Waals surface area contributed by atoms with Crippen molar-refractivity contribution in [2.24, 2.45) is 0 Å². The standard InChI is InChI=1S/C14H15ClN6O2S/c1-19-4-6-20(7-5-19)14-17-9-11(13(15)18-14)24-10-2-3-12(16-8-10)21(22)23/h2-3,8-9H,4-7H2,1H3. The predicted molar refractivity (Wildman–Crippen MR) is 91.8 cm³/mol. The number of rotatable bonds is 4. The van der Waals surface area contributed by atoms with Crippen LogP contribution in [0, 0.1) is 10.1 Å². The smallest absolute Gasteiger partial charge is 0.358 e. The van der Waals surface area contributed by atoms with Gasteiger partial charge in [0.25, 0.3) is 0 Å². The Morgan fingerprint density at radius 2 is 1.96 bits per heavy atom. The lowest BCUT2D eigenvalue weighted by atomic mass is 10.3. The first-order valence-electron chi connectivity index (χ1n) is 7.27. The highest BCUT2D eigenvalue weighted by Gasteiger charge is 2.18. The maximum absolute atomic E-state index is 10.6. The lowest BCUT2D eigenvalue weighted by Gasteiger charge is -2.32. The maximum Gasteiger partial charge on any atom is 0.363 e. The summed E-state index contributed by atoms with van der Waals surface area (Å²) in [5.74, 6) is 0.436. The third-order valence-corrected chi connectivity index (χ3v) is 5.02. The van der Waals surface area contributed by atoms with Gasteiger partial charge in [0.05, 0.1) is 9.79 Å². The molecule has 1 saturated heterocycles. The molecule has 1 aliphatic rings. The quantitative estimate of drug-likeness (QED) is 0.463. The van der Waals surface area contributed by atoms with E-state index >= 15 is 0 Å². The molecule has 2 aromatic heterocycles. The van der Waals surface area contributed by atoms with Crippen LogP contribution in [-0.2, 0) is 0 Å². The zero-order valence-electron chi connectivity index (χ0n) is 12.9. The van der Waals surface area contributed by atoms with Crippen LogP contribution >= 0.6 is 23.4 Å². The van der Waals surface area contributed by atoms with Gasteiger partial charge in [-0.25, -0.2) is 4.98 Å². The van der Waals surface area contributed by atoms with Crippen LogP contribution < -0.4 is 4.90 Å². The number of anilines is 1. The first kappa shape index (κ1) is 16.9. The van der Waals surface area contributed by atoms with E-state index in [9.17, 15) is 10.1 Å². The van der Waals surface area contributed by atoms with Crippen molar-refractivity contribution in [3.63, 3.8) is 0 Å². The number of halogens is 1. The molecular weight excluding hydrogens is 352 g/mol. The third-order valence-electron chi connectivity index (χ3n) is 3.62. The van der Waals surface area contributed by atoms with Crippen molar-refractivity contribution in [3.8, 4) is 0 Å². The molecular formula is C14H15ClN6O2S. The lowest BCUT2D eigenvalue weighted by Crippen LogP contribution is -2.45. The summed E-state index contributed by atoms with van der Waals surface area (Å²) in [4.78, 5) is 28.4. The Kier molecular flexibility index (Phi) is 5.12. The van der Waals surface area contributed by atoms with Crippen LogP contribution in [0.15, 0.2) is 34.3 Å². The summed E-state index contributed by atoms with van der Waals surface area (Å²) >= 11 is 7.59. The van der Waals surface area contributed by atoms with Crippen molar-refractivity contribution in [2.45, 2.75) is 9.79 Å². The maximum atomic E-state index is 10.6. The minimum Gasteiger partial charge on any atom is -0.358 e. The van der Waals surface area contributed by atoms with Gasteiger partial charge in [-0.1, -0.05) is 23.4 Å². The highest BCUT2D eigenvalue weighted by molar-refractivity contribution is 7.99. The van der Waals surface area contributed by atoms with Crippen LogP contribution in [0.3, 0.4) is 0 Å². The summed E-state index contributed by atoms with van der Waals surface area (Å²) in [6.07, 6.45) is 3.11. The number of likely N-dealkylation sites (N-methyl/N-ethyl adjacent to an activating group) is 1. The number of aromatic nitrogens is 3. The third kappa shape index (κ3) is 3.92. The number of hydrogen-bond acceptors (Lipinski definition) is 8. The molecule has 0 unspecified atom stereocenters. The van der Waals surface area contributed by atoms with Gasteiger partial charge in [0, 0.05) is 38.4 Å². The fourth-order valence-electron chi connectivity index (χ4n) is 2.24. The highest BCUT2D eigenvalue weighted by Crippen LogP contribution is 2.32. The zero-order valence-corrected chi connectivity index (χ0v) is 14.5. The first-order chi connectivity index (χ1) is 11.5. The van der Waals surface area contributed by atoms with Gasteiger partial charge >= 0.3 is 5.82 Å². The van der Waals surface area contributed by atoms with Crippen molar-refractivity contribution in [1.29, 1.82) is 0 Å². The Labute approximate surface area is 148 Å². The molecule has 0 spiro atoms. The van der Waals surface area contributed by atoms with Crippen molar-refractivity contribution in [3.05, 3.63) is 39.8 Å². The molecule has 10 heteroatoms. The molecule has 0 aliphatic carbocycles. The van der Waals surface area contributed by atoms with Crippen molar-refractivity contribution >= 4 is 35.1 Å². The van der Waals surface area contributed by atoms with Crippen molar-refractivity contribution in [2.75, 3.05) is 38.1 Å². The number of nitrogens with zero attached hydrogens (tertiary/aromatic N) is 6. The number of hydrogen-bond donors (Lipinski definition) is 0. The summed E-state index contributed by atoms with van der Waals surface area (Å²) in [7, 11) is 2.09. The van der Waals surface area contributed by atoms with E-state index in [0.717, 1.165) is 31.1 Å². The van der Waals surface area contributed by atoms with Crippen molar-refractivity contribution in [1.82, 2.24) is 19.9 Å². The Balaban J connectivity index is 1.71. The SMILES string of the molecule is CN1CCN(c2ncc(Sc3ccc([N+](=O)[O-])nc3)c(Cl)n2)CC1. The predicted octanol–water partition coefficient (Wildman–Crippen LogP) is 2.34. The van der Waals surface area contributed by atoms with E-state index in [1.54, 1.807) is 12.3 Å². The summed E-state index contributed by atoms with van der Waals surface area (Å²) in [5, 5.41) is 11.0. The molecule has 0 N–H and O–H groups in total. The van der Waals surface area contributed by atoms with E-state index < -0.39 is 4.92 Å². The largest absolute Gasteiger partial charge is 0.363 e. The van der Waals surface area contributed by atoms with Gasteiger partial charge in [0.2, 0.25) is 5.95 Å². The molecule has 0 amide bonds.